The van der Waals surface area contributed by atoms with Gasteiger partial charge in [0.05, 0.1) is 12.5 Å². The molecule has 1 atom stereocenters. The maximum absolute atomic E-state index is 5.84. The van der Waals surface area contributed by atoms with E-state index in [2.05, 4.69) is 31.2 Å². The molecule has 0 aliphatic heterocycles. The Morgan fingerprint density at radius 3 is 2.81 bits per heavy atom. The Labute approximate surface area is 96.1 Å². The molecule has 1 unspecified atom stereocenters. The lowest BCUT2D eigenvalue weighted by atomic mass is 9.92. The zero-order valence-corrected chi connectivity index (χ0v) is 9.52. The van der Waals surface area contributed by atoms with Crippen molar-refractivity contribution in [3.63, 3.8) is 0 Å². The fourth-order valence-corrected chi connectivity index (χ4v) is 1.95. The third-order valence-electron chi connectivity index (χ3n) is 2.86. The summed E-state index contributed by atoms with van der Waals surface area (Å²) >= 11 is 0. The molecule has 0 radical (unpaired) electrons. The normalized spacial score (nSPS) is 12.6. The van der Waals surface area contributed by atoms with Crippen LogP contribution in [-0.2, 0) is 6.42 Å². The van der Waals surface area contributed by atoms with Crippen LogP contribution in [0.2, 0.25) is 0 Å². The van der Waals surface area contributed by atoms with Gasteiger partial charge in [-0.05, 0) is 37.1 Å². The summed E-state index contributed by atoms with van der Waals surface area (Å²) in [6.07, 6.45) is 4.44. The maximum atomic E-state index is 5.84. The van der Waals surface area contributed by atoms with Crippen molar-refractivity contribution in [3.8, 4) is 0 Å². The van der Waals surface area contributed by atoms with Gasteiger partial charge in [-0.1, -0.05) is 29.8 Å². The van der Waals surface area contributed by atoms with Gasteiger partial charge in [0.25, 0.3) is 0 Å². The molecule has 0 spiro atoms. The number of nitrogens with two attached hydrogens (primary N) is 1. The summed E-state index contributed by atoms with van der Waals surface area (Å²) in [5, 5.41) is 0. The van der Waals surface area contributed by atoms with Gasteiger partial charge in [0.2, 0.25) is 0 Å². The molecule has 2 rings (SSSR count). The first kappa shape index (κ1) is 11.0. The average Bonchev–Trinajstić information content (AvgIpc) is 2.78. The smallest absolute Gasteiger partial charge is 0.0934 e. The van der Waals surface area contributed by atoms with Gasteiger partial charge in [-0.25, -0.2) is 0 Å². The first-order valence-corrected chi connectivity index (χ1v) is 5.57. The predicted octanol–water partition coefficient (Wildman–Crippen LogP) is 2.87. The van der Waals surface area contributed by atoms with Crippen molar-refractivity contribution < 1.29 is 4.42 Å². The highest BCUT2D eigenvalue weighted by Gasteiger charge is 2.11. The highest BCUT2D eigenvalue weighted by Crippen LogP contribution is 2.21. The zero-order chi connectivity index (χ0) is 11.4. The van der Waals surface area contributed by atoms with Gasteiger partial charge >= 0.3 is 0 Å². The monoisotopic (exact) mass is 215 g/mol. The van der Waals surface area contributed by atoms with Crippen LogP contribution in [0.15, 0.2) is 47.3 Å². The highest BCUT2D eigenvalue weighted by molar-refractivity contribution is 5.27. The lowest BCUT2D eigenvalue weighted by Crippen LogP contribution is -2.14. The molecule has 0 saturated heterocycles. The summed E-state index contributed by atoms with van der Waals surface area (Å²) in [4.78, 5) is 0. The molecule has 0 bridgehead atoms. The molecule has 2 aromatic rings. The molecule has 0 aliphatic carbocycles. The van der Waals surface area contributed by atoms with Crippen LogP contribution in [0.25, 0.3) is 0 Å². The molecule has 1 heterocycles. The summed E-state index contributed by atoms with van der Waals surface area (Å²) in [7, 11) is 0. The van der Waals surface area contributed by atoms with E-state index in [-0.39, 0.29) is 0 Å². The minimum absolute atomic E-state index is 0.373. The van der Waals surface area contributed by atoms with E-state index in [1.54, 1.807) is 12.5 Å². The SMILES string of the molecule is Cc1cccc(C(CN)Cc2ccoc2)c1. The van der Waals surface area contributed by atoms with Gasteiger partial charge in [-0.3, -0.25) is 0 Å². The lowest BCUT2D eigenvalue weighted by molar-refractivity contribution is 0.561. The van der Waals surface area contributed by atoms with Gasteiger partial charge < -0.3 is 10.2 Å². The Morgan fingerprint density at radius 2 is 2.19 bits per heavy atom. The standard InChI is InChI=1S/C14H17NO/c1-11-3-2-4-13(7-11)14(9-15)8-12-5-6-16-10-12/h2-7,10,14H,8-9,15H2,1H3. The first-order valence-electron chi connectivity index (χ1n) is 5.57. The van der Waals surface area contributed by atoms with Gasteiger partial charge in [0.1, 0.15) is 0 Å². The number of benzene rings is 1. The van der Waals surface area contributed by atoms with Gasteiger partial charge in [0, 0.05) is 5.92 Å². The second-order valence-corrected chi connectivity index (χ2v) is 4.18. The molecule has 0 saturated carbocycles. The van der Waals surface area contributed by atoms with Crippen LogP contribution < -0.4 is 5.73 Å². The van der Waals surface area contributed by atoms with E-state index in [0.717, 1.165) is 6.42 Å². The fraction of sp³-hybridized carbons (Fsp3) is 0.286. The van der Waals surface area contributed by atoms with Crippen molar-refractivity contribution in [3.05, 3.63) is 59.5 Å². The molecule has 1 aromatic carbocycles. The third-order valence-corrected chi connectivity index (χ3v) is 2.86. The number of aryl methyl sites for hydroxylation is 1. The van der Waals surface area contributed by atoms with E-state index in [4.69, 9.17) is 10.2 Å². The summed E-state index contributed by atoms with van der Waals surface area (Å²) in [5.41, 5.74) is 9.64. The summed E-state index contributed by atoms with van der Waals surface area (Å²) < 4.78 is 5.08. The molecule has 2 heteroatoms. The lowest BCUT2D eigenvalue weighted by Gasteiger charge is -2.14. The van der Waals surface area contributed by atoms with Crippen LogP contribution in [-0.4, -0.2) is 6.54 Å². The van der Waals surface area contributed by atoms with Crippen LogP contribution in [0, 0.1) is 6.92 Å². The van der Waals surface area contributed by atoms with Gasteiger partial charge in [-0.15, -0.1) is 0 Å². The van der Waals surface area contributed by atoms with Crippen LogP contribution in [0.4, 0.5) is 0 Å². The predicted molar refractivity (Wildman–Crippen MR) is 65.4 cm³/mol. The van der Waals surface area contributed by atoms with Crippen molar-refractivity contribution in [2.75, 3.05) is 6.54 Å². The largest absolute Gasteiger partial charge is 0.472 e. The van der Waals surface area contributed by atoms with Crippen molar-refractivity contribution in [1.82, 2.24) is 0 Å². The van der Waals surface area contributed by atoms with E-state index in [9.17, 15) is 0 Å². The van der Waals surface area contributed by atoms with E-state index >= 15 is 0 Å². The number of hydrogen-bond donors (Lipinski definition) is 1. The Balaban J connectivity index is 2.16. The Bertz CT molecular complexity index is 434. The van der Waals surface area contributed by atoms with Gasteiger partial charge in [0.15, 0.2) is 0 Å². The quantitative estimate of drug-likeness (QED) is 0.851. The van der Waals surface area contributed by atoms with E-state index in [1.807, 2.05) is 6.07 Å². The van der Waals surface area contributed by atoms with Crippen LogP contribution in [0.5, 0.6) is 0 Å². The summed E-state index contributed by atoms with van der Waals surface area (Å²) in [6, 6.07) is 10.5. The second-order valence-electron chi connectivity index (χ2n) is 4.18. The molecule has 2 N–H and O–H groups in total. The molecule has 1 aromatic heterocycles. The molecule has 0 amide bonds. The minimum Gasteiger partial charge on any atom is -0.472 e. The molecule has 0 fully saturated rings. The summed E-state index contributed by atoms with van der Waals surface area (Å²) in [5.74, 6) is 0.373. The molecular weight excluding hydrogens is 198 g/mol. The van der Waals surface area contributed by atoms with E-state index in [1.165, 1.54) is 16.7 Å². The Kier molecular flexibility index (Phi) is 3.42. The molecule has 16 heavy (non-hydrogen) atoms. The number of furan rings is 1. The zero-order valence-electron chi connectivity index (χ0n) is 9.52. The van der Waals surface area contributed by atoms with Crippen molar-refractivity contribution in [2.45, 2.75) is 19.3 Å². The molecule has 84 valence electrons. The highest BCUT2D eigenvalue weighted by atomic mass is 16.3. The van der Waals surface area contributed by atoms with E-state index < -0.39 is 0 Å². The summed E-state index contributed by atoms with van der Waals surface area (Å²) in [6.45, 7) is 2.77. The van der Waals surface area contributed by atoms with Crippen molar-refractivity contribution >= 4 is 0 Å². The third kappa shape index (κ3) is 2.52. The molecular formula is C14H17NO. The van der Waals surface area contributed by atoms with Crippen molar-refractivity contribution in [2.24, 2.45) is 5.73 Å². The topological polar surface area (TPSA) is 39.2 Å². The average molecular weight is 215 g/mol. The minimum atomic E-state index is 0.373. The van der Waals surface area contributed by atoms with Crippen molar-refractivity contribution in [1.29, 1.82) is 0 Å². The Morgan fingerprint density at radius 1 is 1.31 bits per heavy atom. The van der Waals surface area contributed by atoms with Crippen LogP contribution in [0.3, 0.4) is 0 Å². The van der Waals surface area contributed by atoms with Crippen LogP contribution >= 0.6 is 0 Å². The first-order chi connectivity index (χ1) is 7.79. The molecule has 0 aliphatic rings. The Hall–Kier alpha value is -1.54. The van der Waals surface area contributed by atoms with E-state index in [0.29, 0.717) is 12.5 Å². The maximum Gasteiger partial charge on any atom is 0.0934 e. The fourth-order valence-electron chi connectivity index (χ4n) is 1.95. The molecule has 2 nitrogen and oxygen atoms in total. The number of rotatable bonds is 4. The van der Waals surface area contributed by atoms with Crippen LogP contribution in [0.1, 0.15) is 22.6 Å². The van der Waals surface area contributed by atoms with Gasteiger partial charge in [-0.2, -0.15) is 0 Å². The number of hydrogen-bond acceptors (Lipinski definition) is 2. The second kappa shape index (κ2) is 4.99.